The summed E-state index contributed by atoms with van der Waals surface area (Å²) in [5.74, 6) is -0.00544. The Labute approximate surface area is 124 Å². The molecule has 0 atom stereocenters. The number of nitrogens with one attached hydrogen (secondary N) is 1. The van der Waals surface area contributed by atoms with Gasteiger partial charge in [-0.25, -0.2) is 0 Å². The minimum Gasteiger partial charge on any atom is -0.399 e. The zero-order valence-electron chi connectivity index (χ0n) is 12.1. The maximum Gasteiger partial charge on any atom is 0.243 e. The molecule has 2 aromatic carbocycles. The summed E-state index contributed by atoms with van der Waals surface area (Å²) in [6, 6.07) is 13.7. The van der Waals surface area contributed by atoms with Gasteiger partial charge in [0.05, 0.1) is 6.54 Å². The number of rotatable bonds is 3. The smallest absolute Gasteiger partial charge is 0.243 e. The lowest BCUT2D eigenvalue weighted by Crippen LogP contribution is -2.31. The van der Waals surface area contributed by atoms with Gasteiger partial charge in [0, 0.05) is 23.6 Å². The van der Waals surface area contributed by atoms with E-state index in [4.69, 9.17) is 5.73 Å². The number of anilines is 3. The zero-order chi connectivity index (χ0) is 14.8. The summed E-state index contributed by atoms with van der Waals surface area (Å²) < 4.78 is 0. The molecule has 21 heavy (non-hydrogen) atoms. The minimum absolute atomic E-state index is 0.00544. The molecule has 0 bridgehead atoms. The van der Waals surface area contributed by atoms with E-state index in [1.165, 1.54) is 11.1 Å². The molecule has 3 N–H and O–H groups in total. The quantitative estimate of drug-likeness (QED) is 0.850. The standard InChI is InChI=1S/C17H19N3O/c1-12-2-6-15(7-3-12)19-17(21)11-20-9-8-13-4-5-14(18)10-16(13)20/h2-7,10H,8-9,11,18H2,1H3,(H,19,21). The highest BCUT2D eigenvalue weighted by Gasteiger charge is 2.21. The molecule has 0 unspecified atom stereocenters. The van der Waals surface area contributed by atoms with Crippen molar-refractivity contribution in [3.05, 3.63) is 53.6 Å². The SMILES string of the molecule is Cc1ccc(NC(=O)CN2CCc3ccc(N)cc32)cc1. The number of nitrogens with zero attached hydrogens (tertiary/aromatic N) is 1. The highest BCUT2D eigenvalue weighted by atomic mass is 16.2. The Balaban J connectivity index is 1.67. The first-order valence-corrected chi connectivity index (χ1v) is 7.12. The number of carbonyl (C=O) groups is 1. The van der Waals surface area contributed by atoms with Crippen molar-refractivity contribution in [3.63, 3.8) is 0 Å². The number of hydrogen-bond donors (Lipinski definition) is 2. The molecule has 0 fully saturated rings. The van der Waals surface area contributed by atoms with Gasteiger partial charge >= 0.3 is 0 Å². The van der Waals surface area contributed by atoms with Crippen LogP contribution in [0.2, 0.25) is 0 Å². The van der Waals surface area contributed by atoms with Gasteiger partial charge in [0.25, 0.3) is 0 Å². The molecule has 1 aliphatic rings. The summed E-state index contributed by atoms with van der Waals surface area (Å²) >= 11 is 0. The summed E-state index contributed by atoms with van der Waals surface area (Å²) in [7, 11) is 0. The topological polar surface area (TPSA) is 58.4 Å². The number of nitrogen functional groups attached to an aromatic ring is 1. The highest BCUT2D eigenvalue weighted by Crippen LogP contribution is 2.29. The maximum atomic E-state index is 12.2. The van der Waals surface area contributed by atoms with Crippen LogP contribution in [0.3, 0.4) is 0 Å². The van der Waals surface area contributed by atoms with Crippen LogP contribution < -0.4 is 16.0 Å². The van der Waals surface area contributed by atoms with Crippen molar-refractivity contribution in [2.45, 2.75) is 13.3 Å². The first kappa shape index (κ1) is 13.5. The lowest BCUT2D eigenvalue weighted by atomic mass is 10.1. The van der Waals surface area contributed by atoms with Crippen molar-refractivity contribution < 1.29 is 4.79 Å². The van der Waals surface area contributed by atoms with E-state index >= 15 is 0 Å². The van der Waals surface area contributed by atoms with Crippen LogP contribution in [0.1, 0.15) is 11.1 Å². The molecule has 3 rings (SSSR count). The number of amides is 1. The summed E-state index contributed by atoms with van der Waals surface area (Å²) in [6.07, 6.45) is 0.966. The summed E-state index contributed by atoms with van der Waals surface area (Å²) in [6.45, 7) is 3.24. The molecule has 0 radical (unpaired) electrons. The third-order valence-electron chi connectivity index (χ3n) is 3.77. The Bertz CT molecular complexity index is 664. The molecule has 0 saturated carbocycles. The van der Waals surface area contributed by atoms with Crippen molar-refractivity contribution in [2.75, 3.05) is 29.0 Å². The number of hydrogen-bond acceptors (Lipinski definition) is 3. The van der Waals surface area contributed by atoms with Gasteiger partial charge in [0.2, 0.25) is 5.91 Å². The summed E-state index contributed by atoms with van der Waals surface area (Å²) in [4.78, 5) is 14.2. The van der Waals surface area contributed by atoms with E-state index in [1.54, 1.807) is 0 Å². The van der Waals surface area contributed by atoms with Crippen molar-refractivity contribution in [2.24, 2.45) is 0 Å². The molecule has 1 amide bonds. The Kier molecular flexibility index (Phi) is 3.52. The normalized spacial score (nSPS) is 13.1. The summed E-state index contributed by atoms with van der Waals surface area (Å²) in [5.41, 5.74) is 10.9. The van der Waals surface area contributed by atoms with Crippen LogP contribution >= 0.6 is 0 Å². The van der Waals surface area contributed by atoms with Gasteiger partial charge in [-0.15, -0.1) is 0 Å². The lowest BCUT2D eigenvalue weighted by Gasteiger charge is -2.19. The molecule has 2 aromatic rings. The van der Waals surface area contributed by atoms with Crippen molar-refractivity contribution in [1.82, 2.24) is 0 Å². The second-order valence-corrected chi connectivity index (χ2v) is 5.47. The van der Waals surface area contributed by atoms with Gasteiger partial charge < -0.3 is 16.0 Å². The van der Waals surface area contributed by atoms with E-state index in [-0.39, 0.29) is 5.91 Å². The monoisotopic (exact) mass is 281 g/mol. The minimum atomic E-state index is -0.00544. The van der Waals surface area contributed by atoms with E-state index < -0.39 is 0 Å². The van der Waals surface area contributed by atoms with Gasteiger partial charge in [-0.3, -0.25) is 4.79 Å². The van der Waals surface area contributed by atoms with E-state index in [2.05, 4.69) is 10.2 Å². The van der Waals surface area contributed by atoms with Crippen LogP contribution in [-0.4, -0.2) is 19.0 Å². The zero-order valence-corrected chi connectivity index (χ0v) is 12.1. The molecule has 0 spiro atoms. The van der Waals surface area contributed by atoms with Crippen LogP contribution in [0.5, 0.6) is 0 Å². The molecular weight excluding hydrogens is 262 g/mol. The number of aryl methyl sites for hydroxylation is 1. The van der Waals surface area contributed by atoms with Crippen LogP contribution in [0.15, 0.2) is 42.5 Å². The fourth-order valence-corrected chi connectivity index (χ4v) is 2.64. The van der Waals surface area contributed by atoms with Gasteiger partial charge in [-0.05, 0) is 43.2 Å². The maximum absolute atomic E-state index is 12.2. The van der Waals surface area contributed by atoms with E-state index in [0.29, 0.717) is 6.54 Å². The Morgan fingerprint density at radius 3 is 2.76 bits per heavy atom. The largest absolute Gasteiger partial charge is 0.399 e. The fraction of sp³-hybridized carbons (Fsp3) is 0.235. The Morgan fingerprint density at radius 1 is 1.24 bits per heavy atom. The van der Waals surface area contributed by atoms with Crippen LogP contribution in [0.25, 0.3) is 0 Å². The van der Waals surface area contributed by atoms with Gasteiger partial charge in [0.15, 0.2) is 0 Å². The molecular formula is C17H19N3O. The third kappa shape index (κ3) is 2.99. The fourth-order valence-electron chi connectivity index (χ4n) is 2.64. The average Bonchev–Trinajstić information content (AvgIpc) is 2.84. The van der Waals surface area contributed by atoms with E-state index in [0.717, 1.165) is 30.0 Å². The molecule has 1 heterocycles. The van der Waals surface area contributed by atoms with Gasteiger partial charge in [0.1, 0.15) is 0 Å². The molecule has 0 aliphatic carbocycles. The summed E-state index contributed by atoms with van der Waals surface area (Å²) in [5, 5.41) is 2.93. The molecule has 108 valence electrons. The number of carbonyl (C=O) groups excluding carboxylic acids is 1. The number of fused-ring (bicyclic) bond motifs is 1. The Morgan fingerprint density at radius 2 is 2.00 bits per heavy atom. The molecule has 0 saturated heterocycles. The average molecular weight is 281 g/mol. The first-order chi connectivity index (χ1) is 10.1. The molecule has 1 aliphatic heterocycles. The van der Waals surface area contributed by atoms with Crippen LogP contribution in [0, 0.1) is 6.92 Å². The predicted octanol–water partition coefficient (Wildman–Crippen LogP) is 2.58. The van der Waals surface area contributed by atoms with E-state index in [1.807, 2.05) is 49.4 Å². The van der Waals surface area contributed by atoms with Gasteiger partial charge in [-0.2, -0.15) is 0 Å². The van der Waals surface area contributed by atoms with Crippen molar-refractivity contribution in [1.29, 1.82) is 0 Å². The predicted molar refractivity (Wildman–Crippen MR) is 86.6 cm³/mol. The third-order valence-corrected chi connectivity index (χ3v) is 3.77. The lowest BCUT2D eigenvalue weighted by molar-refractivity contribution is -0.115. The second-order valence-electron chi connectivity index (χ2n) is 5.47. The first-order valence-electron chi connectivity index (χ1n) is 7.12. The van der Waals surface area contributed by atoms with Crippen LogP contribution in [0.4, 0.5) is 17.1 Å². The van der Waals surface area contributed by atoms with Crippen LogP contribution in [-0.2, 0) is 11.2 Å². The van der Waals surface area contributed by atoms with E-state index in [9.17, 15) is 4.79 Å². The Hall–Kier alpha value is -2.49. The molecule has 0 aromatic heterocycles. The highest BCUT2D eigenvalue weighted by molar-refractivity contribution is 5.94. The van der Waals surface area contributed by atoms with Crippen molar-refractivity contribution >= 4 is 23.0 Å². The molecule has 4 nitrogen and oxygen atoms in total. The number of benzene rings is 2. The second kappa shape index (κ2) is 5.48. The number of nitrogens with two attached hydrogens (primary N) is 1. The van der Waals surface area contributed by atoms with Crippen molar-refractivity contribution in [3.8, 4) is 0 Å². The van der Waals surface area contributed by atoms with Gasteiger partial charge in [-0.1, -0.05) is 23.8 Å². The molecule has 4 heteroatoms.